The number of nitrogens with two attached hydrogens (primary N) is 1. The molecule has 34 heavy (non-hydrogen) atoms. The maximum absolute atomic E-state index is 13.5. The van der Waals surface area contributed by atoms with E-state index in [1.54, 1.807) is 36.1 Å². The lowest BCUT2D eigenvalue weighted by Crippen LogP contribution is -2.39. The summed E-state index contributed by atoms with van der Waals surface area (Å²) >= 11 is 1.27. The number of rotatable bonds is 8. The first-order chi connectivity index (χ1) is 16.3. The van der Waals surface area contributed by atoms with Gasteiger partial charge in [-0.1, -0.05) is 48.5 Å². The number of carbonyl (C=O) groups excluding carboxylic acids is 2. The van der Waals surface area contributed by atoms with Crippen molar-refractivity contribution in [1.29, 1.82) is 0 Å². The van der Waals surface area contributed by atoms with Crippen molar-refractivity contribution in [3.63, 3.8) is 0 Å². The summed E-state index contributed by atoms with van der Waals surface area (Å²) in [5, 5.41) is 8.93. The Bertz CT molecular complexity index is 1220. The van der Waals surface area contributed by atoms with Crippen molar-refractivity contribution in [2.45, 2.75) is 30.1 Å². The number of carbonyl (C=O) groups is 3. The van der Waals surface area contributed by atoms with Crippen LogP contribution in [0.2, 0.25) is 0 Å². The fourth-order valence-corrected chi connectivity index (χ4v) is 5.38. The lowest BCUT2D eigenvalue weighted by Gasteiger charge is -2.25. The number of hydrogen-bond donors (Lipinski definition) is 2. The SMILES string of the molecule is CC1(CC(=O)O)SC(c2ccc(OCc3ccccc3)cc2)N(c2cccc(C(N)=O)c2)C1=O. The Hall–Kier alpha value is -3.78. The second kappa shape index (κ2) is 9.61. The lowest BCUT2D eigenvalue weighted by molar-refractivity contribution is -0.139. The second-order valence-corrected chi connectivity index (χ2v) is 9.79. The van der Waals surface area contributed by atoms with Gasteiger partial charge in [0.05, 0.1) is 6.42 Å². The van der Waals surface area contributed by atoms with E-state index in [2.05, 4.69) is 0 Å². The molecule has 3 N–H and O–H groups in total. The van der Waals surface area contributed by atoms with E-state index in [9.17, 15) is 19.5 Å². The molecule has 0 aliphatic carbocycles. The predicted molar refractivity (Wildman–Crippen MR) is 131 cm³/mol. The van der Waals surface area contributed by atoms with Crippen LogP contribution in [0.1, 0.15) is 40.2 Å². The summed E-state index contributed by atoms with van der Waals surface area (Å²) in [4.78, 5) is 38.2. The summed E-state index contributed by atoms with van der Waals surface area (Å²) in [6.07, 6.45) is -0.322. The van der Waals surface area contributed by atoms with E-state index in [1.807, 2.05) is 54.6 Å². The zero-order valence-corrected chi connectivity index (χ0v) is 19.3. The summed E-state index contributed by atoms with van der Waals surface area (Å²) in [5.41, 5.74) is 8.04. The highest BCUT2D eigenvalue weighted by atomic mass is 32.2. The fourth-order valence-electron chi connectivity index (χ4n) is 3.87. The maximum Gasteiger partial charge on any atom is 0.305 e. The fraction of sp³-hybridized carbons (Fsp3) is 0.192. The van der Waals surface area contributed by atoms with Crippen LogP contribution in [-0.4, -0.2) is 27.6 Å². The number of anilines is 1. The molecule has 1 saturated heterocycles. The highest BCUT2D eigenvalue weighted by Gasteiger charge is 2.51. The molecule has 0 spiro atoms. The average Bonchev–Trinajstić information content (AvgIpc) is 3.08. The number of benzene rings is 3. The molecule has 1 aliphatic heterocycles. The van der Waals surface area contributed by atoms with Crippen LogP contribution < -0.4 is 15.4 Å². The number of aliphatic carboxylic acids is 1. The van der Waals surface area contributed by atoms with Gasteiger partial charge in [0.1, 0.15) is 22.5 Å². The molecule has 1 aliphatic rings. The van der Waals surface area contributed by atoms with E-state index >= 15 is 0 Å². The van der Waals surface area contributed by atoms with E-state index in [1.165, 1.54) is 11.8 Å². The van der Waals surface area contributed by atoms with E-state index in [4.69, 9.17) is 10.5 Å². The molecule has 3 aromatic rings. The quantitative estimate of drug-likeness (QED) is 0.499. The van der Waals surface area contributed by atoms with Crippen LogP contribution in [0.15, 0.2) is 78.9 Å². The molecule has 0 saturated carbocycles. The second-order valence-electron chi connectivity index (χ2n) is 8.20. The van der Waals surface area contributed by atoms with Crippen molar-refractivity contribution in [1.82, 2.24) is 0 Å². The Kier molecular flexibility index (Phi) is 6.61. The van der Waals surface area contributed by atoms with E-state index in [0.29, 0.717) is 18.0 Å². The molecule has 8 heteroatoms. The Labute approximate surface area is 201 Å². The van der Waals surface area contributed by atoms with E-state index in [0.717, 1.165) is 11.1 Å². The minimum absolute atomic E-state index is 0.269. The van der Waals surface area contributed by atoms with Crippen molar-refractivity contribution in [3.8, 4) is 5.75 Å². The predicted octanol–water partition coefficient (Wildman–Crippen LogP) is 4.38. The summed E-state index contributed by atoms with van der Waals surface area (Å²) in [7, 11) is 0. The molecule has 1 fully saturated rings. The average molecular weight is 477 g/mol. The Morgan fingerprint density at radius 1 is 1.06 bits per heavy atom. The Balaban J connectivity index is 1.63. The van der Waals surface area contributed by atoms with E-state index < -0.39 is 22.0 Å². The largest absolute Gasteiger partial charge is 0.489 e. The van der Waals surface area contributed by atoms with Crippen LogP contribution in [0.4, 0.5) is 5.69 Å². The minimum atomic E-state index is -1.16. The van der Waals surface area contributed by atoms with Crippen LogP contribution in [0, 0.1) is 0 Å². The molecule has 2 amide bonds. The third kappa shape index (κ3) is 4.92. The van der Waals surface area contributed by atoms with Crippen molar-refractivity contribution in [2.24, 2.45) is 5.73 Å². The molecule has 7 nitrogen and oxygen atoms in total. The zero-order chi connectivity index (χ0) is 24.3. The molecule has 0 bridgehead atoms. The standard InChI is InChI=1S/C26H24N2O5S/c1-26(15-22(29)30)25(32)28(20-9-5-8-19(14-20)23(27)31)24(34-26)18-10-12-21(13-11-18)33-16-17-6-3-2-4-7-17/h2-14,24H,15-16H2,1H3,(H2,27,31)(H,29,30). The van der Waals surface area contributed by atoms with Gasteiger partial charge >= 0.3 is 5.97 Å². The number of hydrogen-bond acceptors (Lipinski definition) is 5. The Morgan fingerprint density at radius 2 is 1.76 bits per heavy atom. The smallest absolute Gasteiger partial charge is 0.305 e. The molecule has 2 atom stereocenters. The van der Waals surface area contributed by atoms with Crippen LogP contribution >= 0.6 is 11.8 Å². The summed E-state index contributed by atoms with van der Waals surface area (Å²) in [5.74, 6) is -1.32. The van der Waals surface area contributed by atoms with Gasteiger partial charge < -0.3 is 15.6 Å². The van der Waals surface area contributed by atoms with Gasteiger partial charge in [0.25, 0.3) is 0 Å². The molecule has 4 rings (SSSR count). The number of amides is 2. The third-order valence-corrected chi connectivity index (χ3v) is 7.13. The zero-order valence-electron chi connectivity index (χ0n) is 18.5. The highest BCUT2D eigenvalue weighted by Crippen LogP contribution is 2.52. The van der Waals surface area contributed by atoms with Crippen LogP contribution in [0.3, 0.4) is 0 Å². The van der Waals surface area contributed by atoms with Gasteiger partial charge in [-0.05, 0) is 48.4 Å². The number of primary amides is 1. The first kappa shape index (κ1) is 23.4. The summed E-state index contributed by atoms with van der Waals surface area (Å²) in [6.45, 7) is 2.07. The number of ether oxygens (including phenoxy) is 1. The first-order valence-electron chi connectivity index (χ1n) is 10.7. The van der Waals surface area contributed by atoms with Crippen molar-refractivity contribution in [2.75, 3.05) is 4.90 Å². The summed E-state index contributed by atoms with van der Waals surface area (Å²) < 4.78 is 4.70. The lowest BCUT2D eigenvalue weighted by atomic mass is 10.0. The topological polar surface area (TPSA) is 110 Å². The normalized spacial score (nSPS) is 19.7. The van der Waals surface area contributed by atoms with Gasteiger partial charge in [0.2, 0.25) is 11.8 Å². The number of thioether (sulfide) groups is 1. The Morgan fingerprint density at radius 3 is 2.41 bits per heavy atom. The molecule has 2 unspecified atom stereocenters. The molecular formula is C26H24N2O5S. The molecule has 3 aromatic carbocycles. The van der Waals surface area contributed by atoms with Crippen molar-refractivity contribution >= 4 is 35.2 Å². The van der Waals surface area contributed by atoms with Gasteiger partial charge in [-0.15, -0.1) is 11.8 Å². The van der Waals surface area contributed by atoms with Gasteiger partial charge in [-0.2, -0.15) is 0 Å². The molecular weight excluding hydrogens is 452 g/mol. The third-order valence-electron chi connectivity index (χ3n) is 5.59. The summed E-state index contributed by atoms with van der Waals surface area (Å²) in [6, 6.07) is 23.7. The molecule has 0 aromatic heterocycles. The number of carboxylic acid groups (broad SMARTS) is 1. The number of carboxylic acids is 1. The molecule has 174 valence electrons. The van der Waals surface area contributed by atoms with Crippen LogP contribution in [0.25, 0.3) is 0 Å². The van der Waals surface area contributed by atoms with Gasteiger partial charge in [-0.3, -0.25) is 19.3 Å². The maximum atomic E-state index is 13.5. The monoisotopic (exact) mass is 476 g/mol. The highest BCUT2D eigenvalue weighted by molar-refractivity contribution is 8.02. The van der Waals surface area contributed by atoms with Gasteiger partial charge in [0, 0.05) is 11.3 Å². The minimum Gasteiger partial charge on any atom is -0.489 e. The van der Waals surface area contributed by atoms with Crippen molar-refractivity contribution < 1.29 is 24.2 Å². The van der Waals surface area contributed by atoms with Crippen LogP contribution in [-0.2, 0) is 16.2 Å². The molecule has 1 heterocycles. The molecule has 0 radical (unpaired) electrons. The van der Waals surface area contributed by atoms with Crippen LogP contribution in [0.5, 0.6) is 5.75 Å². The first-order valence-corrected chi connectivity index (χ1v) is 11.5. The van der Waals surface area contributed by atoms with Gasteiger partial charge in [0.15, 0.2) is 0 Å². The number of nitrogens with zero attached hydrogens (tertiary/aromatic N) is 1. The van der Waals surface area contributed by atoms with E-state index in [-0.39, 0.29) is 17.9 Å². The van der Waals surface area contributed by atoms with Gasteiger partial charge in [-0.25, -0.2) is 0 Å². The van der Waals surface area contributed by atoms with Crippen molar-refractivity contribution in [3.05, 3.63) is 95.6 Å².